The SMILES string of the molecule is COc1cc2c(cc1OC)SC(Cc1ccccc1)=NC2. The first-order valence-corrected chi connectivity index (χ1v) is 7.62. The molecule has 0 spiro atoms. The molecule has 1 heterocycles. The zero-order valence-corrected chi connectivity index (χ0v) is 12.9. The standard InChI is InChI=1S/C17H17NO2S/c1-19-14-9-13-11-18-17(8-12-6-4-3-5-7-12)21-16(13)10-15(14)20-2/h3-7,9-10H,8,11H2,1-2H3. The number of thioether (sulfide) groups is 1. The van der Waals surface area contributed by atoms with E-state index in [0.717, 1.165) is 23.0 Å². The molecular formula is C17H17NO2S. The fourth-order valence-electron chi connectivity index (χ4n) is 2.32. The lowest BCUT2D eigenvalue weighted by molar-refractivity contribution is 0.353. The molecule has 1 aliphatic rings. The average molecular weight is 299 g/mol. The number of methoxy groups -OCH3 is 2. The van der Waals surface area contributed by atoms with E-state index in [1.54, 1.807) is 26.0 Å². The molecule has 2 aromatic carbocycles. The monoisotopic (exact) mass is 299 g/mol. The lowest BCUT2D eigenvalue weighted by atomic mass is 10.1. The van der Waals surface area contributed by atoms with Crippen LogP contribution in [0.1, 0.15) is 11.1 Å². The van der Waals surface area contributed by atoms with Gasteiger partial charge in [0.15, 0.2) is 11.5 Å². The summed E-state index contributed by atoms with van der Waals surface area (Å²) in [6, 6.07) is 14.5. The Morgan fingerprint density at radius 3 is 2.48 bits per heavy atom. The van der Waals surface area contributed by atoms with Crippen molar-refractivity contribution in [1.82, 2.24) is 0 Å². The van der Waals surface area contributed by atoms with Crippen molar-refractivity contribution in [2.75, 3.05) is 14.2 Å². The van der Waals surface area contributed by atoms with Crippen molar-refractivity contribution in [3.05, 3.63) is 53.6 Å². The van der Waals surface area contributed by atoms with Gasteiger partial charge in [-0.1, -0.05) is 42.1 Å². The normalized spacial score (nSPS) is 13.3. The summed E-state index contributed by atoms with van der Waals surface area (Å²) in [7, 11) is 3.32. The Morgan fingerprint density at radius 2 is 1.76 bits per heavy atom. The Hall–Kier alpha value is -1.94. The highest BCUT2D eigenvalue weighted by Gasteiger charge is 2.17. The lowest BCUT2D eigenvalue weighted by Crippen LogP contribution is -2.06. The van der Waals surface area contributed by atoms with Crippen molar-refractivity contribution in [2.24, 2.45) is 4.99 Å². The molecule has 0 radical (unpaired) electrons. The summed E-state index contributed by atoms with van der Waals surface area (Å²) in [5.41, 5.74) is 2.47. The number of rotatable bonds is 4. The molecule has 0 amide bonds. The van der Waals surface area contributed by atoms with Crippen LogP contribution in [0, 0.1) is 0 Å². The minimum atomic E-state index is 0.699. The van der Waals surface area contributed by atoms with Gasteiger partial charge >= 0.3 is 0 Å². The number of hydrogen-bond acceptors (Lipinski definition) is 4. The molecule has 0 atom stereocenters. The van der Waals surface area contributed by atoms with E-state index in [0.29, 0.717) is 6.54 Å². The molecule has 108 valence electrons. The molecule has 0 N–H and O–H groups in total. The van der Waals surface area contributed by atoms with Crippen molar-refractivity contribution < 1.29 is 9.47 Å². The highest BCUT2D eigenvalue weighted by molar-refractivity contribution is 8.14. The third-order valence-electron chi connectivity index (χ3n) is 3.42. The Bertz CT molecular complexity index is 668. The molecule has 0 fully saturated rings. The fourth-order valence-corrected chi connectivity index (χ4v) is 3.36. The maximum Gasteiger partial charge on any atom is 0.161 e. The van der Waals surface area contributed by atoms with Crippen LogP contribution in [-0.4, -0.2) is 19.3 Å². The first kappa shape index (κ1) is 14.0. The Morgan fingerprint density at radius 1 is 1.05 bits per heavy atom. The number of aliphatic imine (C=N–C) groups is 1. The van der Waals surface area contributed by atoms with Gasteiger partial charge in [-0.05, 0) is 23.3 Å². The van der Waals surface area contributed by atoms with Crippen molar-refractivity contribution in [3.63, 3.8) is 0 Å². The molecule has 3 rings (SSSR count). The summed E-state index contributed by atoms with van der Waals surface area (Å²) in [6.45, 7) is 0.699. The van der Waals surface area contributed by atoms with Crippen LogP contribution in [0.4, 0.5) is 0 Å². The predicted molar refractivity (Wildman–Crippen MR) is 86.7 cm³/mol. The van der Waals surface area contributed by atoms with Crippen LogP contribution in [-0.2, 0) is 13.0 Å². The molecule has 3 nitrogen and oxygen atoms in total. The van der Waals surface area contributed by atoms with E-state index in [2.05, 4.69) is 29.3 Å². The summed E-state index contributed by atoms with van der Waals surface area (Å²) < 4.78 is 10.7. The first-order chi connectivity index (χ1) is 10.3. The van der Waals surface area contributed by atoms with Gasteiger partial charge in [0.2, 0.25) is 0 Å². The summed E-state index contributed by atoms with van der Waals surface area (Å²) in [5, 5.41) is 1.14. The van der Waals surface area contributed by atoms with E-state index in [4.69, 9.17) is 9.47 Å². The lowest BCUT2D eigenvalue weighted by Gasteiger charge is -2.18. The third kappa shape index (κ3) is 3.05. The second-order valence-corrected chi connectivity index (χ2v) is 5.90. The van der Waals surface area contributed by atoms with Crippen LogP contribution in [0.25, 0.3) is 0 Å². The zero-order valence-electron chi connectivity index (χ0n) is 12.1. The number of fused-ring (bicyclic) bond motifs is 1. The van der Waals surface area contributed by atoms with Gasteiger partial charge in [0, 0.05) is 11.3 Å². The maximum atomic E-state index is 5.38. The fraction of sp³-hybridized carbons (Fsp3) is 0.235. The maximum absolute atomic E-state index is 5.38. The van der Waals surface area contributed by atoms with Crippen LogP contribution < -0.4 is 9.47 Å². The topological polar surface area (TPSA) is 30.8 Å². The molecule has 21 heavy (non-hydrogen) atoms. The van der Waals surface area contributed by atoms with Gasteiger partial charge in [0.1, 0.15) is 0 Å². The summed E-state index contributed by atoms with van der Waals surface area (Å²) in [6.07, 6.45) is 0.874. The number of ether oxygens (including phenoxy) is 2. The molecule has 4 heteroatoms. The van der Waals surface area contributed by atoms with Gasteiger partial charge in [-0.3, -0.25) is 4.99 Å². The van der Waals surface area contributed by atoms with Crippen molar-refractivity contribution in [1.29, 1.82) is 0 Å². The first-order valence-electron chi connectivity index (χ1n) is 6.80. The van der Waals surface area contributed by atoms with Crippen LogP contribution in [0.2, 0.25) is 0 Å². The van der Waals surface area contributed by atoms with Gasteiger partial charge in [-0.2, -0.15) is 0 Å². The minimum absolute atomic E-state index is 0.699. The molecule has 0 saturated heterocycles. The molecular weight excluding hydrogens is 282 g/mol. The van der Waals surface area contributed by atoms with E-state index in [1.165, 1.54) is 16.0 Å². The predicted octanol–water partition coefficient (Wildman–Crippen LogP) is 3.95. The summed E-state index contributed by atoms with van der Waals surface area (Å²) in [5.74, 6) is 1.53. The molecule has 0 saturated carbocycles. The van der Waals surface area contributed by atoms with Crippen LogP contribution in [0.5, 0.6) is 11.5 Å². The Balaban J connectivity index is 1.82. The molecule has 2 aromatic rings. The van der Waals surface area contributed by atoms with E-state index >= 15 is 0 Å². The molecule has 0 bridgehead atoms. The summed E-state index contributed by atoms with van der Waals surface area (Å²) in [4.78, 5) is 5.88. The molecule has 1 aliphatic heterocycles. The minimum Gasteiger partial charge on any atom is -0.493 e. The van der Waals surface area contributed by atoms with Gasteiger partial charge in [0.05, 0.1) is 25.8 Å². The molecule has 0 aromatic heterocycles. The third-order valence-corrected chi connectivity index (χ3v) is 4.53. The van der Waals surface area contributed by atoms with E-state index in [-0.39, 0.29) is 0 Å². The Kier molecular flexibility index (Phi) is 4.15. The summed E-state index contributed by atoms with van der Waals surface area (Å²) >= 11 is 1.72. The Labute approximate surface area is 129 Å². The quantitative estimate of drug-likeness (QED) is 0.856. The smallest absolute Gasteiger partial charge is 0.161 e. The largest absolute Gasteiger partial charge is 0.493 e. The van der Waals surface area contributed by atoms with E-state index < -0.39 is 0 Å². The number of nitrogens with zero attached hydrogens (tertiary/aromatic N) is 1. The van der Waals surface area contributed by atoms with Gasteiger partial charge in [0.25, 0.3) is 0 Å². The number of hydrogen-bond donors (Lipinski definition) is 0. The van der Waals surface area contributed by atoms with Gasteiger partial charge in [-0.15, -0.1) is 0 Å². The zero-order chi connectivity index (χ0) is 14.7. The van der Waals surface area contributed by atoms with Crippen LogP contribution >= 0.6 is 11.8 Å². The van der Waals surface area contributed by atoms with Crippen LogP contribution in [0.3, 0.4) is 0 Å². The van der Waals surface area contributed by atoms with Gasteiger partial charge in [-0.25, -0.2) is 0 Å². The van der Waals surface area contributed by atoms with Gasteiger partial charge < -0.3 is 9.47 Å². The molecule has 0 unspecified atom stereocenters. The van der Waals surface area contributed by atoms with Crippen molar-refractivity contribution >= 4 is 16.8 Å². The molecule has 0 aliphatic carbocycles. The second kappa shape index (κ2) is 6.22. The average Bonchev–Trinajstić information content (AvgIpc) is 2.54. The highest BCUT2D eigenvalue weighted by atomic mass is 32.2. The van der Waals surface area contributed by atoms with E-state index in [9.17, 15) is 0 Å². The van der Waals surface area contributed by atoms with Crippen LogP contribution in [0.15, 0.2) is 52.4 Å². The highest BCUT2D eigenvalue weighted by Crippen LogP contribution is 2.38. The second-order valence-electron chi connectivity index (χ2n) is 4.79. The van der Waals surface area contributed by atoms with Crippen molar-refractivity contribution in [2.45, 2.75) is 17.9 Å². The van der Waals surface area contributed by atoms with E-state index in [1.807, 2.05) is 18.2 Å². The van der Waals surface area contributed by atoms with Crippen molar-refractivity contribution in [3.8, 4) is 11.5 Å². The number of benzene rings is 2.